The summed E-state index contributed by atoms with van der Waals surface area (Å²) >= 11 is 7.94. The van der Waals surface area contributed by atoms with E-state index in [0.29, 0.717) is 30.7 Å². The molecule has 3 rings (SSSR count). The van der Waals surface area contributed by atoms with E-state index in [1.807, 2.05) is 0 Å². The average molecular weight is 455 g/mol. The van der Waals surface area contributed by atoms with E-state index in [1.54, 1.807) is 37.3 Å². The van der Waals surface area contributed by atoms with Crippen molar-refractivity contribution < 1.29 is 9.53 Å². The molecule has 3 aromatic rings. The fourth-order valence-corrected chi connectivity index (χ4v) is 3.20. The Bertz CT molecular complexity index is 984. The van der Waals surface area contributed by atoms with Gasteiger partial charge in [0.1, 0.15) is 6.33 Å². The maximum absolute atomic E-state index is 12.8. The van der Waals surface area contributed by atoms with Gasteiger partial charge in [-0.2, -0.15) is 0 Å². The molecule has 0 unspecified atom stereocenters. The molecular weight excluding hydrogens is 443 g/mol. The van der Waals surface area contributed by atoms with Crippen LogP contribution in [0.15, 0.2) is 47.5 Å². The van der Waals surface area contributed by atoms with Crippen LogP contribution in [0.3, 0.4) is 0 Å². The monoisotopic (exact) mass is 454 g/mol. The molecule has 1 aromatic heterocycles. The number of rotatable bonds is 3. The molecule has 0 radical (unpaired) electrons. The van der Waals surface area contributed by atoms with Crippen LogP contribution in [0.2, 0.25) is 5.02 Å². The number of ether oxygens (including phenoxy) is 1. The molecule has 24 heavy (non-hydrogen) atoms. The Morgan fingerprint density at radius 3 is 2.67 bits per heavy atom. The number of aromatic nitrogens is 2. The predicted molar refractivity (Wildman–Crippen MR) is 101 cm³/mol. The van der Waals surface area contributed by atoms with Crippen molar-refractivity contribution in [2.24, 2.45) is 0 Å². The van der Waals surface area contributed by atoms with E-state index in [-0.39, 0.29) is 12.2 Å². The largest absolute Gasteiger partial charge is 0.462 e. The van der Waals surface area contributed by atoms with Crippen molar-refractivity contribution in [1.82, 2.24) is 9.55 Å². The molecule has 0 bridgehead atoms. The Balaban J connectivity index is 2.21. The van der Waals surface area contributed by atoms with Crippen molar-refractivity contribution in [3.05, 3.63) is 67.2 Å². The molecule has 0 atom stereocenters. The highest BCUT2D eigenvalue weighted by Crippen LogP contribution is 2.20. The van der Waals surface area contributed by atoms with Crippen molar-refractivity contribution in [1.29, 1.82) is 0 Å². The van der Waals surface area contributed by atoms with Crippen molar-refractivity contribution in [2.45, 2.75) is 6.92 Å². The minimum Gasteiger partial charge on any atom is -0.462 e. The Kier molecular flexibility index (Phi) is 4.86. The van der Waals surface area contributed by atoms with Gasteiger partial charge < -0.3 is 4.74 Å². The molecule has 122 valence electrons. The highest BCUT2D eigenvalue weighted by molar-refractivity contribution is 14.1. The zero-order chi connectivity index (χ0) is 17.3. The van der Waals surface area contributed by atoms with Crippen molar-refractivity contribution in [2.75, 3.05) is 6.61 Å². The predicted octanol–water partition coefficient (Wildman–Crippen LogP) is 3.82. The van der Waals surface area contributed by atoms with E-state index in [2.05, 4.69) is 27.6 Å². The molecule has 0 aliphatic rings. The highest BCUT2D eigenvalue weighted by atomic mass is 127. The third-order valence-corrected chi connectivity index (χ3v) is 4.51. The first kappa shape index (κ1) is 16.9. The summed E-state index contributed by atoms with van der Waals surface area (Å²) in [6.07, 6.45) is 1.47. The van der Waals surface area contributed by atoms with Gasteiger partial charge in [-0.1, -0.05) is 11.6 Å². The van der Waals surface area contributed by atoms with Gasteiger partial charge in [-0.15, -0.1) is 0 Å². The number of hydrogen-bond acceptors (Lipinski definition) is 4. The lowest BCUT2D eigenvalue weighted by molar-refractivity contribution is 0.0526. The van der Waals surface area contributed by atoms with Gasteiger partial charge in [0.2, 0.25) is 0 Å². The molecule has 0 saturated carbocycles. The molecule has 0 aliphatic heterocycles. The summed E-state index contributed by atoms with van der Waals surface area (Å²) < 4.78 is 7.15. The number of fused-ring (bicyclic) bond motifs is 1. The molecule has 1 heterocycles. The van der Waals surface area contributed by atoms with Crippen molar-refractivity contribution >= 4 is 51.1 Å². The van der Waals surface area contributed by atoms with Crippen LogP contribution in [-0.4, -0.2) is 22.1 Å². The Labute approximate surface area is 156 Å². The summed E-state index contributed by atoms with van der Waals surface area (Å²) in [6.45, 7) is 2.01. The number of carbonyl (C=O) groups is 1. The quantitative estimate of drug-likeness (QED) is 0.446. The number of hydrogen-bond donors (Lipinski definition) is 0. The summed E-state index contributed by atoms with van der Waals surface area (Å²) in [7, 11) is 0. The molecule has 0 N–H and O–H groups in total. The summed E-state index contributed by atoms with van der Waals surface area (Å²) in [5, 5.41) is 0.946. The van der Waals surface area contributed by atoms with Crippen LogP contribution in [-0.2, 0) is 4.74 Å². The van der Waals surface area contributed by atoms with Gasteiger partial charge in [-0.3, -0.25) is 9.36 Å². The lowest BCUT2D eigenvalue weighted by atomic mass is 10.1. The average Bonchev–Trinajstić information content (AvgIpc) is 2.57. The SMILES string of the molecule is CCOC(=O)c1cc(I)c2ncn(-c3ccc(Cl)cc3)c(=O)c2c1. The van der Waals surface area contributed by atoms with Crippen molar-refractivity contribution in [3.8, 4) is 5.69 Å². The number of benzene rings is 2. The third kappa shape index (κ3) is 3.16. The van der Waals surface area contributed by atoms with E-state index >= 15 is 0 Å². The minimum atomic E-state index is -0.460. The first-order valence-corrected chi connectivity index (χ1v) is 8.61. The smallest absolute Gasteiger partial charge is 0.338 e. The summed E-state index contributed by atoms with van der Waals surface area (Å²) in [5.41, 5.74) is 1.28. The molecule has 2 aromatic carbocycles. The summed E-state index contributed by atoms with van der Waals surface area (Å²) in [5.74, 6) is -0.460. The van der Waals surface area contributed by atoms with Crippen LogP contribution in [0.1, 0.15) is 17.3 Å². The van der Waals surface area contributed by atoms with E-state index in [4.69, 9.17) is 16.3 Å². The molecule has 0 fully saturated rings. The number of esters is 1. The number of halogens is 2. The molecule has 0 saturated heterocycles. The standard InChI is InChI=1S/C17H12ClIN2O3/c1-2-24-17(23)10-7-13-15(14(19)8-10)20-9-21(16(13)22)12-5-3-11(18)4-6-12/h3-9H,2H2,1H3. The second kappa shape index (κ2) is 6.90. The van der Waals surface area contributed by atoms with Crippen molar-refractivity contribution in [3.63, 3.8) is 0 Å². The second-order valence-corrected chi connectivity index (χ2v) is 6.57. The molecule has 0 amide bonds. The third-order valence-electron chi connectivity index (χ3n) is 3.43. The maximum atomic E-state index is 12.8. The molecule has 7 heteroatoms. The summed E-state index contributed by atoms with van der Waals surface area (Å²) in [6, 6.07) is 10.1. The van der Waals surface area contributed by atoms with E-state index < -0.39 is 5.97 Å². The van der Waals surface area contributed by atoms with E-state index in [9.17, 15) is 9.59 Å². The minimum absolute atomic E-state index is 0.258. The van der Waals surface area contributed by atoms with E-state index in [1.165, 1.54) is 17.0 Å². The fraction of sp³-hybridized carbons (Fsp3) is 0.118. The maximum Gasteiger partial charge on any atom is 0.338 e. The Morgan fingerprint density at radius 2 is 2.00 bits per heavy atom. The van der Waals surface area contributed by atoms with Gasteiger partial charge >= 0.3 is 5.97 Å². The van der Waals surface area contributed by atoms with Gasteiger partial charge in [-0.05, 0) is 65.9 Å². The van der Waals surface area contributed by atoms with Gasteiger partial charge in [0.15, 0.2) is 0 Å². The van der Waals surface area contributed by atoms with Crippen LogP contribution in [0.25, 0.3) is 16.6 Å². The van der Waals surface area contributed by atoms with Crippen LogP contribution in [0.5, 0.6) is 0 Å². The number of carbonyl (C=O) groups excluding carboxylic acids is 1. The van der Waals surface area contributed by atoms with E-state index in [0.717, 1.165) is 0 Å². The molecule has 0 aliphatic carbocycles. The fourth-order valence-electron chi connectivity index (χ4n) is 2.31. The molecule has 5 nitrogen and oxygen atoms in total. The van der Waals surface area contributed by atoms with Crippen LogP contribution < -0.4 is 5.56 Å². The van der Waals surface area contributed by atoms with Gasteiger partial charge in [-0.25, -0.2) is 9.78 Å². The van der Waals surface area contributed by atoms with Gasteiger partial charge in [0.05, 0.1) is 28.8 Å². The van der Waals surface area contributed by atoms with Gasteiger partial charge in [0, 0.05) is 8.59 Å². The summed E-state index contributed by atoms with van der Waals surface area (Å²) in [4.78, 5) is 29.2. The topological polar surface area (TPSA) is 61.2 Å². The Morgan fingerprint density at radius 1 is 1.29 bits per heavy atom. The van der Waals surface area contributed by atoms with Gasteiger partial charge in [0.25, 0.3) is 5.56 Å². The van der Waals surface area contributed by atoms with Crippen LogP contribution in [0, 0.1) is 3.57 Å². The number of nitrogens with zero attached hydrogens (tertiary/aromatic N) is 2. The Hall–Kier alpha value is -1.93. The normalized spacial score (nSPS) is 10.8. The van der Waals surface area contributed by atoms with Crippen LogP contribution in [0.4, 0.5) is 0 Å². The highest BCUT2D eigenvalue weighted by Gasteiger charge is 2.14. The lowest BCUT2D eigenvalue weighted by Crippen LogP contribution is -2.20. The first-order valence-electron chi connectivity index (χ1n) is 7.15. The first-order chi connectivity index (χ1) is 11.5. The van der Waals surface area contributed by atoms with Crippen LogP contribution >= 0.6 is 34.2 Å². The molecular formula is C17H12ClIN2O3. The lowest BCUT2D eigenvalue weighted by Gasteiger charge is -2.09. The zero-order valence-corrected chi connectivity index (χ0v) is 15.5. The molecule has 0 spiro atoms. The second-order valence-electron chi connectivity index (χ2n) is 4.97. The zero-order valence-electron chi connectivity index (χ0n) is 12.6.